The smallest absolute Gasteiger partial charge is 0.238 e. The van der Waals surface area contributed by atoms with E-state index in [1.807, 2.05) is 36.4 Å². The molecule has 0 aliphatic rings. The molecule has 0 radical (unpaired) electrons. The molecule has 0 atom stereocenters. The molecule has 318 valence electrons. The maximum Gasteiger partial charge on any atom is 0.238 e. The summed E-state index contributed by atoms with van der Waals surface area (Å²) in [5.74, 6) is 1.76. The lowest BCUT2D eigenvalue weighted by Crippen LogP contribution is -2.07. The Labute approximate surface area is 392 Å². The molecule has 0 saturated carbocycles. The standard InChI is InChI=1S/C62H40N6/c1-5-20-41(21-6-1)46-39-54(63-55(40-46)49-31-14-13-30-48(49)42-22-7-2-8-23-42)45-28-19-29-47(38-45)67-56-34-17-15-32-50(56)52-36-37-53-51-33-16-18-35-57(51)68(59(53)58(52)67)62-65-60(43-24-9-3-10-25-43)64-61(66-62)44-26-11-4-12-27-44/h1-40H. The maximum absolute atomic E-state index is 5.50. The molecule has 0 bridgehead atoms. The summed E-state index contributed by atoms with van der Waals surface area (Å²) >= 11 is 0. The fraction of sp³-hybridized carbons (Fsp3) is 0. The van der Waals surface area contributed by atoms with Crippen LogP contribution in [0.1, 0.15) is 0 Å². The first-order valence-electron chi connectivity index (χ1n) is 22.9. The van der Waals surface area contributed by atoms with Crippen molar-refractivity contribution in [2.24, 2.45) is 0 Å². The van der Waals surface area contributed by atoms with E-state index < -0.39 is 0 Å². The largest absolute Gasteiger partial charge is 0.307 e. The molecule has 0 unspecified atom stereocenters. The second kappa shape index (κ2) is 16.3. The van der Waals surface area contributed by atoms with Crippen molar-refractivity contribution in [3.63, 3.8) is 0 Å². The van der Waals surface area contributed by atoms with Crippen LogP contribution in [0.25, 0.3) is 123 Å². The molecule has 68 heavy (non-hydrogen) atoms. The highest BCUT2D eigenvalue weighted by atomic mass is 15.2. The molecular formula is C62H40N6. The average Bonchev–Trinajstić information content (AvgIpc) is 3.95. The first-order chi connectivity index (χ1) is 33.7. The summed E-state index contributed by atoms with van der Waals surface area (Å²) in [5.41, 5.74) is 15.4. The lowest BCUT2D eigenvalue weighted by Gasteiger charge is -2.15. The van der Waals surface area contributed by atoms with Crippen LogP contribution in [0.15, 0.2) is 243 Å². The molecule has 0 spiro atoms. The van der Waals surface area contributed by atoms with Crippen molar-refractivity contribution in [1.82, 2.24) is 29.1 Å². The van der Waals surface area contributed by atoms with Gasteiger partial charge >= 0.3 is 0 Å². The molecule has 13 rings (SSSR count). The summed E-state index contributed by atoms with van der Waals surface area (Å²) in [5, 5.41) is 4.51. The van der Waals surface area contributed by atoms with Gasteiger partial charge in [-0.05, 0) is 58.7 Å². The number of pyridine rings is 1. The summed E-state index contributed by atoms with van der Waals surface area (Å²) in [4.78, 5) is 21.2. The van der Waals surface area contributed by atoms with Crippen molar-refractivity contribution in [2.45, 2.75) is 0 Å². The van der Waals surface area contributed by atoms with E-state index in [0.29, 0.717) is 17.6 Å². The lowest BCUT2D eigenvalue weighted by molar-refractivity contribution is 0.953. The molecule has 4 heterocycles. The first kappa shape index (κ1) is 39.1. The molecule has 0 amide bonds. The minimum atomic E-state index is 0.548. The van der Waals surface area contributed by atoms with Crippen molar-refractivity contribution < 1.29 is 0 Å². The third-order valence-corrected chi connectivity index (χ3v) is 13.0. The fourth-order valence-corrected chi connectivity index (χ4v) is 9.87. The van der Waals surface area contributed by atoms with E-state index in [1.165, 1.54) is 0 Å². The topological polar surface area (TPSA) is 61.4 Å². The van der Waals surface area contributed by atoms with Crippen LogP contribution in [-0.4, -0.2) is 29.1 Å². The average molecular weight is 869 g/mol. The normalized spacial score (nSPS) is 11.5. The number of hydrogen-bond donors (Lipinski definition) is 0. The Hall–Kier alpha value is -9.26. The van der Waals surface area contributed by atoms with Gasteiger partial charge in [0.2, 0.25) is 5.95 Å². The van der Waals surface area contributed by atoms with Gasteiger partial charge in [0.1, 0.15) is 0 Å². The van der Waals surface area contributed by atoms with E-state index in [2.05, 4.69) is 215 Å². The van der Waals surface area contributed by atoms with Crippen LogP contribution >= 0.6 is 0 Å². The molecule has 13 aromatic rings. The zero-order valence-corrected chi connectivity index (χ0v) is 36.8. The van der Waals surface area contributed by atoms with Gasteiger partial charge in [0.15, 0.2) is 11.6 Å². The molecule has 4 aromatic heterocycles. The van der Waals surface area contributed by atoms with Gasteiger partial charge < -0.3 is 4.57 Å². The fourth-order valence-electron chi connectivity index (χ4n) is 9.87. The molecular weight excluding hydrogens is 829 g/mol. The van der Waals surface area contributed by atoms with Crippen molar-refractivity contribution >= 4 is 43.6 Å². The predicted octanol–water partition coefficient (Wildman–Crippen LogP) is 15.5. The minimum Gasteiger partial charge on any atom is -0.307 e. The van der Waals surface area contributed by atoms with E-state index in [0.717, 1.165) is 105 Å². The van der Waals surface area contributed by atoms with Crippen molar-refractivity contribution in [3.05, 3.63) is 243 Å². The molecule has 0 saturated heterocycles. The monoisotopic (exact) mass is 868 g/mol. The van der Waals surface area contributed by atoms with Gasteiger partial charge in [0.25, 0.3) is 0 Å². The van der Waals surface area contributed by atoms with Gasteiger partial charge in [-0.25, -0.2) is 9.97 Å². The number of benzene rings is 9. The zero-order chi connectivity index (χ0) is 45.0. The maximum atomic E-state index is 5.50. The Morgan fingerprint density at radius 1 is 0.265 bits per heavy atom. The number of aromatic nitrogens is 6. The van der Waals surface area contributed by atoms with E-state index >= 15 is 0 Å². The van der Waals surface area contributed by atoms with Crippen LogP contribution in [0.5, 0.6) is 0 Å². The van der Waals surface area contributed by atoms with Crippen LogP contribution in [0.2, 0.25) is 0 Å². The number of nitrogens with zero attached hydrogens (tertiary/aromatic N) is 6. The van der Waals surface area contributed by atoms with Crippen LogP contribution < -0.4 is 0 Å². The summed E-state index contributed by atoms with van der Waals surface area (Å²) in [6.45, 7) is 0. The van der Waals surface area contributed by atoms with E-state index in [-0.39, 0.29) is 0 Å². The zero-order valence-electron chi connectivity index (χ0n) is 36.8. The van der Waals surface area contributed by atoms with Gasteiger partial charge in [-0.2, -0.15) is 9.97 Å². The number of para-hydroxylation sites is 2. The third kappa shape index (κ3) is 6.66. The van der Waals surface area contributed by atoms with Crippen LogP contribution in [0, 0.1) is 0 Å². The number of rotatable bonds is 8. The summed E-state index contributed by atoms with van der Waals surface area (Å²) < 4.78 is 4.66. The van der Waals surface area contributed by atoms with E-state index in [1.54, 1.807) is 0 Å². The number of fused-ring (bicyclic) bond motifs is 7. The molecule has 0 N–H and O–H groups in total. The highest BCUT2D eigenvalue weighted by Gasteiger charge is 2.24. The van der Waals surface area contributed by atoms with Crippen LogP contribution in [-0.2, 0) is 0 Å². The van der Waals surface area contributed by atoms with Gasteiger partial charge in [0.05, 0.1) is 33.5 Å². The number of hydrogen-bond acceptors (Lipinski definition) is 4. The van der Waals surface area contributed by atoms with Gasteiger partial charge in [-0.1, -0.05) is 206 Å². The summed E-state index contributed by atoms with van der Waals surface area (Å²) in [7, 11) is 0. The Bertz CT molecular complexity index is 3950. The van der Waals surface area contributed by atoms with Gasteiger partial charge in [0, 0.05) is 49.5 Å². The van der Waals surface area contributed by atoms with Gasteiger partial charge in [-0.3, -0.25) is 4.57 Å². The molecule has 6 nitrogen and oxygen atoms in total. The Morgan fingerprint density at radius 3 is 1.35 bits per heavy atom. The molecule has 0 aliphatic carbocycles. The third-order valence-electron chi connectivity index (χ3n) is 13.0. The van der Waals surface area contributed by atoms with E-state index in [9.17, 15) is 0 Å². The SMILES string of the molecule is c1ccc(-c2cc(-c3cccc(-n4c5ccccc5c5ccc6c7ccccc7n(-c7nc(-c8ccccc8)nc(-c8ccccc8)n7)c6c54)c3)nc(-c3ccccc3-c3ccccc3)c2)cc1. The second-order valence-electron chi connectivity index (χ2n) is 17.0. The van der Waals surface area contributed by atoms with E-state index in [4.69, 9.17) is 19.9 Å². The Morgan fingerprint density at radius 2 is 0.735 bits per heavy atom. The summed E-state index contributed by atoms with van der Waals surface area (Å²) in [6.07, 6.45) is 0. The predicted molar refractivity (Wildman–Crippen MR) is 279 cm³/mol. The van der Waals surface area contributed by atoms with Gasteiger partial charge in [-0.15, -0.1) is 0 Å². The first-order valence-corrected chi connectivity index (χ1v) is 22.9. The van der Waals surface area contributed by atoms with Crippen molar-refractivity contribution in [2.75, 3.05) is 0 Å². The van der Waals surface area contributed by atoms with Crippen LogP contribution in [0.4, 0.5) is 0 Å². The lowest BCUT2D eigenvalue weighted by atomic mass is 9.95. The molecule has 0 fully saturated rings. The second-order valence-corrected chi connectivity index (χ2v) is 17.0. The molecule has 0 aliphatic heterocycles. The highest BCUT2D eigenvalue weighted by molar-refractivity contribution is 6.23. The van der Waals surface area contributed by atoms with Crippen molar-refractivity contribution in [3.8, 4) is 79.2 Å². The highest BCUT2D eigenvalue weighted by Crippen LogP contribution is 2.43. The molecule has 9 aromatic carbocycles. The van der Waals surface area contributed by atoms with Crippen LogP contribution in [0.3, 0.4) is 0 Å². The quantitative estimate of drug-likeness (QED) is 0.153. The summed E-state index contributed by atoms with van der Waals surface area (Å²) in [6, 6.07) is 85.1. The Balaban J connectivity index is 1.07. The van der Waals surface area contributed by atoms with Crippen molar-refractivity contribution in [1.29, 1.82) is 0 Å². The molecule has 6 heteroatoms. The Kier molecular flexibility index (Phi) is 9.39. The minimum absolute atomic E-state index is 0.548.